The van der Waals surface area contributed by atoms with Crippen LogP contribution in [-0.4, -0.2) is 23.9 Å². The molecule has 1 amide bonds. The molecule has 1 atom stereocenters. The first kappa shape index (κ1) is 15.2. The van der Waals surface area contributed by atoms with E-state index in [1.54, 1.807) is 25.2 Å². The van der Waals surface area contributed by atoms with Gasteiger partial charge in [-0.05, 0) is 18.1 Å². The normalized spacial score (nSPS) is 12.0. The van der Waals surface area contributed by atoms with Crippen molar-refractivity contribution in [2.45, 2.75) is 19.0 Å². The Bertz CT molecular complexity index is 601. The Labute approximate surface area is 124 Å². The fraction of sp³-hybridized carbons (Fsp3) is 0.235. The van der Waals surface area contributed by atoms with Crippen LogP contribution in [0.5, 0.6) is 0 Å². The van der Waals surface area contributed by atoms with Crippen LogP contribution in [0, 0.1) is 5.82 Å². The summed E-state index contributed by atoms with van der Waals surface area (Å²) in [5.41, 5.74) is 7.45. The van der Waals surface area contributed by atoms with Gasteiger partial charge >= 0.3 is 0 Å². The molecule has 0 aliphatic heterocycles. The van der Waals surface area contributed by atoms with Gasteiger partial charge < -0.3 is 10.6 Å². The lowest BCUT2D eigenvalue weighted by Crippen LogP contribution is -2.42. The van der Waals surface area contributed by atoms with Crippen molar-refractivity contribution in [3.05, 3.63) is 71.5 Å². The van der Waals surface area contributed by atoms with Crippen LogP contribution < -0.4 is 5.73 Å². The topological polar surface area (TPSA) is 46.3 Å². The van der Waals surface area contributed by atoms with Gasteiger partial charge in [0.2, 0.25) is 5.91 Å². The van der Waals surface area contributed by atoms with E-state index in [2.05, 4.69) is 0 Å². The highest BCUT2D eigenvalue weighted by molar-refractivity contribution is 5.81. The molecule has 2 rings (SSSR count). The van der Waals surface area contributed by atoms with Crippen molar-refractivity contribution in [1.82, 2.24) is 4.90 Å². The molecular weight excluding hydrogens is 267 g/mol. The third kappa shape index (κ3) is 4.13. The van der Waals surface area contributed by atoms with Crippen LogP contribution in [0.15, 0.2) is 54.6 Å². The molecule has 0 aromatic heterocycles. The molecular formula is C17H19FN2O. The van der Waals surface area contributed by atoms with Gasteiger partial charge in [0, 0.05) is 19.2 Å². The number of hydrogen-bond donors (Lipinski definition) is 1. The van der Waals surface area contributed by atoms with Crippen molar-refractivity contribution in [2.24, 2.45) is 5.73 Å². The van der Waals surface area contributed by atoms with Crippen LogP contribution in [0.1, 0.15) is 11.1 Å². The molecule has 0 radical (unpaired) electrons. The van der Waals surface area contributed by atoms with Gasteiger partial charge in [0.1, 0.15) is 5.82 Å². The van der Waals surface area contributed by atoms with Crippen LogP contribution in [-0.2, 0) is 17.8 Å². The van der Waals surface area contributed by atoms with Crippen LogP contribution in [0.25, 0.3) is 0 Å². The van der Waals surface area contributed by atoms with Gasteiger partial charge in [-0.25, -0.2) is 4.39 Å². The number of benzene rings is 2. The predicted octanol–water partition coefficient (Wildman–Crippen LogP) is 2.35. The number of rotatable bonds is 5. The monoisotopic (exact) mass is 286 g/mol. The van der Waals surface area contributed by atoms with Gasteiger partial charge in [0.25, 0.3) is 0 Å². The van der Waals surface area contributed by atoms with Crippen LogP contribution in [0.2, 0.25) is 0 Å². The smallest absolute Gasteiger partial charge is 0.239 e. The molecule has 0 fully saturated rings. The summed E-state index contributed by atoms with van der Waals surface area (Å²) in [4.78, 5) is 13.7. The summed E-state index contributed by atoms with van der Waals surface area (Å²) in [7, 11) is 1.64. The molecule has 21 heavy (non-hydrogen) atoms. The molecule has 2 aromatic carbocycles. The van der Waals surface area contributed by atoms with Crippen molar-refractivity contribution in [3.63, 3.8) is 0 Å². The maximum Gasteiger partial charge on any atom is 0.239 e. The fourth-order valence-electron chi connectivity index (χ4n) is 2.20. The molecule has 0 saturated heterocycles. The van der Waals surface area contributed by atoms with E-state index in [1.165, 1.54) is 11.0 Å². The molecule has 3 nitrogen and oxygen atoms in total. The minimum absolute atomic E-state index is 0.192. The molecule has 4 heteroatoms. The molecule has 0 heterocycles. The van der Waals surface area contributed by atoms with E-state index in [1.807, 2.05) is 30.3 Å². The van der Waals surface area contributed by atoms with E-state index in [0.717, 1.165) is 5.56 Å². The first-order valence-corrected chi connectivity index (χ1v) is 6.86. The number of carbonyl (C=O) groups is 1. The molecule has 0 spiro atoms. The fourth-order valence-corrected chi connectivity index (χ4v) is 2.20. The number of likely N-dealkylation sites (N-methyl/N-ethyl adjacent to an activating group) is 1. The van der Waals surface area contributed by atoms with Crippen molar-refractivity contribution >= 4 is 5.91 Å². The molecule has 0 aliphatic carbocycles. The standard InChI is InChI=1S/C17H19FN2O/c1-20(12-14-9-5-6-10-15(14)18)17(21)16(19)11-13-7-3-2-4-8-13/h2-10,16H,11-12,19H2,1H3/t16-/m0/s1. The summed E-state index contributed by atoms with van der Waals surface area (Å²) in [6.07, 6.45) is 0.473. The highest BCUT2D eigenvalue weighted by Crippen LogP contribution is 2.10. The van der Waals surface area contributed by atoms with Gasteiger partial charge in [-0.2, -0.15) is 0 Å². The van der Waals surface area contributed by atoms with Crippen LogP contribution >= 0.6 is 0 Å². The zero-order valence-corrected chi connectivity index (χ0v) is 12.0. The number of nitrogens with two attached hydrogens (primary N) is 1. The maximum atomic E-state index is 13.6. The Hall–Kier alpha value is -2.20. The summed E-state index contributed by atoms with van der Waals surface area (Å²) >= 11 is 0. The van der Waals surface area contributed by atoms with Crippen LogP contribution in [0.3, 0.4) is 0 Å². The van der Waals surface area contributed by atoms with E-state index in [4.69, 9.17) is 5.73 Å². The van der Waals surface area contributed by atoms with Crippen molar-refractivity contribution in [2.75, 3.05) is 7.05 Å². The molecule has 2 N–H and O–H groups in total. The van der Waals surface area contributed by atoms with E-state index in [9.17, 15) is 9.18 Å². The van der Waals surface area contributed by atoms with Crippen molar-refractivity contribution < 1.29 is 9.18 Å². The number of hydrogen-bond acceptors (Lipinski definition) is 2. The molecule has 0 unspecified atom stereocenters. The number of nitrogens with zero attached hydrogens (tertiary/aromatic N) is 1. The van der Waals surface area contributed by atoms with Gasteiger partial charge in [-0.1, -0.05) is 48.5 Å². The van der Waals surface area contributed by atoms with E-state index < -0.39 is 6.04 Å². The highest BCUT2D eigenvalue weighted by atomic mass is 19.1. The zero-order chi connectivity index (χ0) is 15.2. The van der Waals surface area contributed by atoms with E-state index >= 15 is 0 Å². The van der Waals surface area contributed by atoms with Crippen molar-refractivity contribution in [3.8, 4) is 0 Å². The third-order valence-corrected chi connectivity index (χ3v) is 3.36. The molecule has 0 aliphatic rings. The second kappa shape index (κ2) is 6.99. The van der Waals surface area contributed by atoms with Crippen LogP contribution in [0.4, 0.5) is 4.39 Å². The summed E-state index contributed by atoms with van der Waals surface area (Å²) in [5, 5.41) is 0. The number of halogens is 1. The maximum absolute atomic E-state index is 13.6. The minimum atomic E-state index is -0.621. The Morgan fingerprint density at radius 2 is 1.76 bits per heavy atom. The van der Waals surface area contributed by atoms with E-state index in [-0.39, 0.29) is 18.3 Å². The average Bonchev–Trinajstić information content (AvgIpc) is 2.49. The Morgan fingerprint density at radius 1 is 1.14 bits per heavy atom. The largest absolute Gasteiger partial charge is 0.340 e. The number of amides is 1. The second-order valence-corrected chi connectivity index (χ2v) is 5.08. The summed E-state index contributed by atoms with van der Waals surface area (Å²) in [6, 6.07) is 15.4. The molecule has 0 bridgehead atoms. The lowest BCUT2D eigenvalue weighted by Gasteiger charge is -2.21. The molecule has 2 aromatic rings. The zero-order valence-electron chi connectivity index (χ0n) is 12.0. The molecule has 0 saturated carbocycles. The summed E-state index contributed by atoms with van der Waals surface area (Å²) < 4.78 is 13.6. The first-order chi connectivity index (χ1) is 10.1. The second-order valence-electron chi connectivity index (χ2n) is 5.08. The SMILES string of the molecule is CN(Cc1ccccc1F)C(=O)[C@@H](N)Cc1ccccc1. The van der Waals surface area contributed by atoms with E-state index in [0.29, 0.717) is 12.0 Å². The lowest BCUT2D eigenvalue weighted by molar-refractivity contribution is -0.131. The van der Waals surface area contributed by atoms with Gasteiger partial charge in [0.05, 0.1) is 6.04 Å². The first-order valence-electron chi connectivity index (χ1n) is 6.86. The Balaban J connectivity index is 1.97. The summed E-state index contributed by atoms with van der Waals surface area (Å²) in [5.74, 6) is -0.504. The Kier molecular flexibility index (Phi) is 5.06. The lowest BCUT2D eigenvalue weighted by atomic mass is 10.1. The van der Waals surface area contributed by atoms with Gasteiger partial charge in [-0.3, -0.25) is 4.79 Å². The van der Waals surface area contributed by atoms with Gasteiger partial charge in [-0.15, -0.1) is 0 Å². The minimum Gasteiger partial charge on any atom is -0.340 e. The van der Waals surface area contributed by atoms with Crippen molar-refractivity contribution in [1.29, 1.82) is 0 Å². The third-order valence-electron chi connectivity index (χ3n) is 3.36. The Morgan fingerprint density at radius 3 is 2.43 bits per heavy atom. The van der Waals surface area contributed by atoms with Gasteiger partial charge in [0.15, 0.2) is 0 Å². The quantitative estimate of drug-likeness (QED) is 0.917. The average molecular weight is 286 g/mol. The summed E-state index contributed by atoms with van der Waals surface area (Å²) in [6.45, 7) is 0.216. The predicted molar refractivity (Wildman–Crippen MR) is 81.0 cm³/mol. The number of carbonyl (C=O) groups excluding carboxylic acids is 1. The highest BCUT2D eigenvalue weighted by Gasteiger charge is 2.19. The molecule has 110 valence electrons.